The molecule has 0 nitrogen and oxygen atoms in total. The zero-order valence-corrected chi connectivity index (χ0v) is 32.1. The SMILES string of the molecule is Cc1ccc(Cc2cc(-c3cc(Cc4ccc(C)cc4C)c(C)c(Cc4ccc(C)cc4C)c3)cc(Cc3ccc(C)cc3C)c2C)c(C)c1. The van der Waals surface area contributed by atoms with Crippen LogP contribution in [0.1, 0.15) is 100 Å². The molecule has 50 heavy (non-hydrogen) atoms. The predicted molar refractivity (Wildman–Crippen MR) is 216 cm³/mol. The molecule has 0 heteroatoms. The van der Waals surface area contributed by atoms with Crippen LogP contribution in [-0.4, -0.2) is 0 Å². The van der Waals surface area contributed by atoms with Crippen molar-refractivity contribution in [3.63, 3.8) is 0 Å². The maximum Gasteiger partial charge on any atom is -0.00202 e. The number of benzene rings is 6. The summed E-state index contributed by atoms with van der Waals surface area (Å²) in [6.07, 6.45) is 3.73. The zero-order chi connectivity index (χ0) is 35.7. The molecule has 0 fully saturated rings. The van der Waals surface area contributed by atoms with Crippen LogP contribution in [0.15, 0.2) is 97.1 Å². The third-order valence-corrected chi connectivity index (χ3v) is 11.1. The number of hydrogen-bond acceptors (Lipinski definition) is 0. The van der Waals surface area contributed by atoms with Gasteiger partial charge in [0, 0.05) is 0 Å². The summed E-state index contributed by atoms with van der Waals surface area (Å²) >= 11 is 0. The van der Waals surface area contributed by atoms with Gasteiger partial charge in [-0.3, -0.25) is 0 Å². The summed E-state index contributed by atoms with van der Waals surface area (Å²) < 4.78 is 0. The van der Waals surface area contributed by atoms with Gasteiger partial charge < -0.3 is 0 Å². The van der Waals surface area contributed by atoms with E-state index in [2.05, 4.69) is 166 Å². The lowest BCUT2D eigenvalue weighted by Gasteiger charge is -2.20. The minimum Gasteiger partial charge on any atom is -0.0590 e. The van der Waals surface area contributed by atoms with Crippen LogP contribution in [0.25, 0.3) is 11.1 Å². The Morgan fingerprint density at radius 1 is 0.260 bits per heavy atom. The third kappa shape index (κ3) is 7.87. The van der Waals surface area contributed by atoms with Gasteiger partial charge in [-0.1, -0.05) is 119 Å². The van der Waals surface area contributed by atoms with Gasteiger partial charge in [-0.05, 0) is 184 Å². The monoisotopic (exact) mass is 654 g/mol. The molecule has 6 aromatic rings. The first-order valence-corrected chi connectivity index (χ1v) is 18.3. The minimum absolute atomic E-state index is 0.933. The summed E-state index contributed by atoms with van der Waals surface area (Å²) in [5, 5.41) is 0. The van der Waals surface area contributed by atoms with Crippen LogP contribution in [0.5, 0.6) is 0 Å². The van der Waals surface area contributed by atoms with Crippen LogP contribution in [0.4, 0.5) is 0 Å². The van der Waals surface area contributed by atoms with E-state index in [-0.39, 0.29) is 0 Å². The van der Waals surface area contributed by atoms with Gasteiger partial charge in [-0.25, -0.2) is 0 Å². The van der Waals surface area contributed by atoms with Crippen molar-refractivity contribution >= 4 is 0 Å². The van der Waals surface area contributed by atoms with Crippen molar-refractivity contribution in [2.75, 3.05) is 0 Å². The topological polar surface area (TPSA) is 0 Å². The van der Waals surface area contributed by atoms with E-state index in [9.17, 15) is 0 Å². The number of rotatable bonds is 9. The Hall–Kier alpha value is -4.68. The molecule has 0 saturated carbocycles. The van der Waals surface area contributed by atoms with E-state index in [1.54, 1.807) is 0 Å². The summed E-state index contributed by atoms with van der Waals surface area (Å²) in [5.74, 6) is 0. The summed E-state index contributed by atoms with van der Waals surface area (Å²) in [5.41, 5.74) is 27.5. The van der Waals surface area contributed by atoms with E-state index in [0.29, 0.717) is 0 Å². The van der Waals surface area contributed by atoms with Gasteiger partial charge in [0.25, 0.3) is 0 Å². The van der Waals surface area contributed by atoms with Gasteiger partial charge in [0.15, 0.2) is 0 Å². The molecule has 0 aliphatic heterocycles. The Morgan fingerprint density at radius 2 is 0.480 bits per heavy atom. The molecule has 0 bridgehead atoms. The number of hydrogen-bond donors (Lipinski definition) is 0. The molecule has 0 spiro atoms. The standard InChI is InChI=1S/C50H54/c1-31-11-15-41(35(5)19-31)23-45-27-49(28-46(39(45)9)24-42-16-12-32(2)20-36(42)6)50-29-47(25-43-17-13-33(3)21-37(43)7)40(10)48(30-50)26-44-18-14-34(4)22-38(44)8/h11-22,27-30H,23-26H2,1-10H3. The second kappa shape index (κ2) is 14.7. The van der Waals surface area contributed by atoms with E-state index >= 15 is 0 Å². The first kappa shape index (κ1) is 35.2. The molecule has 0 saturated heterocycles. The highest BCUT2D eigenvalue weighted by atomic mass is 14.2. The average Bonchev–Trinajstić information content (AvgIpc) is 3.05. The molecule has 0 amide bonds. The lowest BCUT2D eigenvalue weighted by Crippen LogP contribution is -2.04. The normalized spacial score (nSPS) is 11.3. The highest BCUT2D eigenvalue weighted by molar-refractivity contribution is 5.70. The Kier molecular flexibility index (Phi) is 10.3. The van der Waals surface area contributed by atoms with Crippen molar-refractivity contribution in [2.45, 2.75) is 94.9 Å². The van der Waals surface area contributed by atoms with Crippen LogP contribution in [-0.2, 0) is 25.7 Å². The minimum atomic E-state index is 0.933. The van der Waals surface area contributed by atoms with Crippen LogP contribution >= 0.6 is 0 Å². The summed E-state index contributed by atoms with van der Waals surface area (Å²) in [4.78, 5) is 0. The molecule has 254 valence electrons. The highest BCUT2D eigenvalue weighted by Gasteiger charge is 2.17. The number of aryl methyl sites for hydroxylation is 8. The summed E-state index contributed by atoms with van der Waals surface area (Å²) in [7, 11) is 0. The highest BCUT2D eigenvalue weighted by Crippen LogP contribution is 2.34. The van der Waals surface area contributed by atoms with Gasteiger partial charge in [0.05, 0.1) is 0 Å². The van der Waals surface area contributed by atoms with Crippen molar-refractivity contribution in [3.8, 4) is 11.1 Å². The molecule has 0 heterocycles. The van der Waals surface area contributed by atoms with Crippen LogP contribution < -0.4 is 0 Å². The second-order valence-corrected chi connectivity index (χ2v) is 15.3. The van der Waals surface area contributed by atoms with Gasteiger partial charge >= 0.3 is 0 Å². The molecule has 0 radical (unpaired) electrons. The van der Waals surface area contributed by atoms with Gasteiger partial charge in [-0.15, -0.1) is 0 Å². The molecule has 0 aliphatic rings. The fourth-order valence-corrected chi connectivity index (χ4v) is 7.74. The van der Waals surface area contributed by atoms with Crippen molar-refractivity contribution in [1.82, 2.24) is 0 Å². The van der Waals surface area contributed by atoms with Crippen LogP contribution in [0.2, 0.25) is 0 Å². The Labute approximate surface area is 302 Å². The van der Waals surface area contributed by atoms with Gasteiger partial charge in [0.1, 0.15) is 0 Å². The second-order valence-electron chi connectivity index (χ2n) is 15.3. The van der Waals surface area contributed by atoms with E-state index < -0.39 is 0 Å². The molecule has 6 aromatic carbocycles. The van der Waals surface area contributed by atoms with E-state index in [1.165, 1.54) is 111 Å². The molecule has 0 aromatic heterocycles. The molecular formula is C50H54. The van der Waals surface area contributed by atoms with Crippen molar-refractivity contribution in [1.29, 1.82) is 0 Å². The van der Waals surface area contributed by atoms with Crippen molar-refractivity contribution < 1.29 is 0 Å². The summed E-state index contributed by atoms with van der Waals surface area (Å²) in [6, 6.07) is 37.6. The van der Waals surface area contributed by atoms with E-state index in [0.717, 1.165) is 25.7 Å². The predicted octanol–water partition coefficient (Wildman–Crippen LogP) is 12.8. The molecule has 6 rings (SSSR count). The van der Waals surface area contributed by atoms with Crippen LogP contribution in [0, 0.1) is 69.2 Å². The Balaban J connectivity index is 1.53. The molecular weight excluding hydrogens is 601 g/mol. The zero-order valence-electron chi connectivity index (χ0n) is 32.1. The average molecular weight is 655 g/mol. The Bertz CT molecular complexity index is 1900. The first-order valence-electron chi connectivity index (χ1n) is 18.3. The van der Waals surface area contributed by atoms with Crippen molar-refractivity contribution in [2.24, 2.45) is 0 Å². The first-order chi connectivity index (χ1) is 23.8. The van der Waals surface area contributed by atoms with Crippen molar-refractivity contribution in [3.05, 3.63) is 197 Å². The molecule has 0 N–H and O–H groups in total. The largest absolute Gasteiger partial charge is 0.0590 e. The van der Waals surface area contributed by atoms with E-state index in [4.69, 9.17) is 0 Å². The molecule has 0 atom stereocenters. The maximum atomic E-state index is 2.49. The molecule has 0 aliphatic carbocycles. The molecule has 0 unspecified atom stereocenters. The quantitative estimate of drug-likeness (QED) is 0.146. The lowest BCUT2D eigenvalue weighted by molar-refractivity contribution is 1.06. The van der Waals surface area contributed by atoms with Gasteiger partial charge in [-0.2, -0.15) is 0 Å². The summed E-state index contributed by atoms with van der Waals surface area (Å²) in [6.45, 7) is 22.5. The van der Waals surface area contributed by atoms with Gasteiger partial charge in [0.2, 0.25) is 0 Å². The van der Waals surface area contributed by atoms with Crippen LogP contribution in [0.3, 0.4) is 0 Å². The third-order valence-electron chi connectivity index (χ3n) is 11.1. The fourth-order valence-electron chi connectivity index (χ4n) is 7.74. The Morgan fingerprint density at radius 3 is 0.680 bits per heavy atom. The van der Waals surface area contributed by atoms with E-state index in [1.807, 2.05) is 0 Å². The fraction of sp³-hybridized carbons (Fsp3) is 0.280. The smallest absolute Gasteiger partial charge is 0.00202 e. The lowest BCUT2D eigenvalue weighted by atomic mass is 9.84. The maximum absolute atomic E-state index is 2.49.